The molecule has 0 saturated heterocycles. The molecule has 0 aromatic heterocycles. The highest BCUT2D eigenvalue weighted by atomic mass is 16.6. The average molecular weight is 300 g/mol. The third-order valence-electron chi connectivity index (χ3n) is 2.37. The van der Waals surface area contributed by atoms with Crippen LogP contribution in [0.5, 0.6) is 0 Å². The first-order valence-electron chi connectivity index (χ1n) is 6.69. The van der Waals surface area contributed by atoms with Gasteiger partial charge in [0.05, 0.1) is 0 Å². The largest absolute Gasteiger partial charge is 0.480 e. The van der Waals surface area contributed by atoms with Gasteiger partial charge in [0, 0.05) is 12.5 Å². The monoisotopic (exact) mass is 300 g/mol. The molecule has 3 N–H and O–H groups in total. The van der Waals surface area contributed by atoms with Crippen molar-refractivity contribution in [3.8, 4) is 0 Å². The van der Waals surface area contributed by atoms with Gasteiger partial charge in [0.25, 0.3) is 0 Å². The lowest BCUT2D eigenvalue weighted by atomic mass is 10.1. The number of nitrogens with one attached hydrogen (secondary N) is 2. The minimum atomic E-state index is -1.21. The third-order valence-corrected chi connectivity index (χ3v) is 2.37. The van der Waals surface area contributed by atoms with Gasteiger partial charge in [-0.3, -0.25) is 4.79 Å². The second-order valence-corrected chi connectivity index (χ2v) is 5.66. The molecule has 0 saturated carbocycles. The van der Waals surface area contributed by atoms with E-state index in [-0.39, 0.29) is 18.9 Å². The van der Waals surface area contributed by atoms with Crippen molar-refractivity contribution >= 4 is 18.0 Å². The molecule has 7 heteroatoms. The lowest BCUT2D eigenvalue weighted by Gasteiger charge is -2.20. The summed E-state index contributed by atoms with van der Waals surface area (Å²) in [6, 6.07) is -2.07. The van der Waals surface area contributed by atoms with Crippen LogP contribution in [0.3, 0.4) is 0 Å². The van der Waals surface area contributed by atoms with Gasteiger partial charge in [0.1, 0.15) is 11.6 Å². The van der Waals surface area contributed by atoms with Crippen molar-refractivity contribution in [1.82, 2.24) is 10.6 Å². The number of urea groups is 1. The van der Waals surface area contributed by atoms with Crippen molar-refractivity contribution in [3.63, 3.8) is 0 Å². The topological polar surface area (TPSA) is 105 Å². The Labute approximate surface area is 124 Å². The Morgan fingerprint density at radius 1 is 1.29 bits per heavy atom. The lowest BCUT2D eigenvalue weighted by Crippen LogP contribution is -2.48. The zero-order chi connectivity index (χ0) is 16.6. The van der Waals surface area contributed by atoms with Crippen LogP contribution in [-0.2, 0) is 14.3 Å². The van der Waals surface area contributed by atoms with Gasteiger partial charge in [0.15, 0.2) is 0 Å². The van der Waals surface area contributed by atoms with Crippen LogP contribution in [0.2, 0.25) is 0 Å². The van der Waals surface area contributed by atoms with E-state index in [1.165, 1.54) is 6.08 Å². The molecule has 120 valence electrons. The molecule has 0 spiro atoms. The molecule has 0 aromatic carbocycles. The Hall–Kier alpha value is -2.05. The van der Waals surface area contributed by atoms with Gasteiger partial charge in [-0.25, -0.2) is 9.59 Å². The fourth-order valence-electron chi connectivity index (χ4n) is 1.38. The van der Waals surface area contributed by atoms with Crippen molar-refractivity contribution in [3.05, 3.63) is 12.7 Å². The molecule has 0 aliphatic heterocycles. The number of amides is 2. The predicted octanol–water partition coefficient (Wildman–Crippen LogP) is 1.44. The van der Waals surface area contributed by atoms with Gasteiger partial charge in [-0.2, -0.15) is 0 Å². The van der Waals surface area contributed by atoms with Crippen molar-refractivity contribution in [1.29, 1.82) is 0 Å². The number of ether oxygens (including phenoxy) is 1. The molecule has 0 rings (SSSR count). The molecule has 2 atom stereocenters. The van der Waals surface area contributed by atoms with Crippen LogP contribution >= 0.6 is 0 Å². The SMILES string of the molecule is C=CC(C)NC(=O)N[C@H](CCC(=O)OC(C)(C)C)C(=O)O. The fraction of sp³-hybridized carbons (Fsp3) is 0.643. The van der Waals surface area contributed by atoms with Crippen LogP contribution in [-0.4, -0.2) is 40.8 Å². The number of esters is 1. The van der Waals surface area contributed by atoms with Gasteiger partial charge in [0.2, 0.25) is 0 Å². The molecular weight excluding hydrogens is 276 g/mol. The molecule has 2 amide bonds. The molecule has 0 heterocycles. The molecule has 1 unspecified atom stereocenters. The summed E-state index contributed by atoms with van der Waals surface area (Å²) in [5, 5.41) is 13.8. The molecule has 0 fully saturated rings. The number of carboxylic acid groups (broad SMARTS) is 1. The van der Waals surface area contributed by atoms with Crippen LogP contribution in [0.25, 0.3) is 0 Å². The standard InChI is InChI=1S/C14H24N2O5/c1-6-9(2)15-13(20)16-10(12(18)19)7-8-11(17)21-14(3,4)5/h6,9-10H,1,7-8H2,2-5H3,(H,18,19)(H2,15,16,20)/t9?,10-/m1/s1. The maximum absolute atomic E-state index is 11.6. The van der Waals surface area contributed by atoms with Crippen LogP contribution in [0.15, 0.2) is 12.7 Å². The molecule has 7 nitrogen and oxygen atoms in total. The van der Waals surface area contributed by atoms with Gasteiger partial charge in [-0.05, 0) is 34.1 Å². The van der Waals surface area contributed by atoms with Gasteiger partial charge in [-0.15, -0.1) is 6.58 Å². The fourth-order valence-corrected chi connectivity index (χ4v) is 1.38. The molecule has 0 aliphatic carbocycles. The van der Waals surface area contributed by atoms with E-state index in [0.717, 1.165) is 0 Å². The van der Waals surface area contributed by atoms with Crippen molar-refractivity contribution in [2.75, 3.05) is 0 Å². The number of hydrogen-bond donors (Lipinski definition) is 3. The smallest absolute Gasteiger partial charge is 0.326 e. The lowest BCUT2D eigenvalue weighted by molar-refractivity contribution is -0.155. The van der Waals surface area contributed by atoms with E-state index in [1.807, 2.05) is 0 Å². The first-order chi connectivity index (χ1) is 9.55. The maximum atomic E-state index is 11.6. The Balaban J connectivity index is 4.38. The molecule has 0 bridgehead atoms. The number of carbonyl (C=O) groups excluding carboxylic acids is 2. The van der Waals surface area contributed by atoms with E-state index in [4.69, 9.17) is 9.84 Å². The number of rotatable bonds is 7. The Kier molecular flexibility index (Phi) is 7.48. The third kappa shape index (κ3) is 9.48. The average Bonchev–Trinajstić information content (AvgIpc) is 2.31. The van der Waals surface area contributed by atoms with E-state index < -0.39 is 29.6 Å². The Morgan fingerprint density at radius 2 is 1.86 bits per heavy atom. The van der Waals surface area contributed by atoms with E-state index in [2.05, 4.69) is 17.2 Å². The van der Waals surface area contributed by atoms with E-state index in [0.29, 0.717) is 0 Å². The highest BCUT2D eigenvalue weighted by molar-refractivity contribution is 5.83. The van der Waals surface area contributed by atoms with Crippen LogP contribution in [0.4, 0.5) is 4.79 Å². The molecule has 0 aliphatic rings. The van der Waals surface area contributed by atoms with Crippen molar-refractivity contribution < 1.29 is 24.2 Å². The second-order valence-electron chi connectivity index (χ2n) is 5.66. The number of carbonyl (C=O) groups is 3. The second kappa shape index (κ2) is 8.28. The normalized spacial score (nSPS) is 13.7. The molecule has 0 aromatic rings. The van der Waals surface area contributed by atoms with E-state index in [1.54, 1.807) is 27.7 Å². The van der Waals surface area contributed by atoms with Crippen LogP contribution in [0, 0.1) is 0 Å². The number of hydrogen-bond acceptors (Lipinski definition) is 4. The zero-order valence-electron chi connectivity index (χ0n) is 12.9. The van der Waals surface area contributed by atoms with Gasteiger partial charge >= 0.3 is 18.0 Å². The molecule has 21 heavy (non-hydrogen) atoms. The van der Waals surface area contributed by atoms with Gasteiger partial charge < -0.3 is 20.5 Å². The highest BCUT2D eigenvalue weighted by Gasteiger charge is 2.23. The number of carboxylic acids is 1. The van der Waals surface area contributed by atoms with Crippen LogP contribution < -0.4 is 10.6 Å². The first-order valence-corrected chi connectivity index (χ1v) is 6.69. The van der Waals surface area contributed by atoms with Crippen molar-refractivity contribution in [2.45, 2.75) is 58.2 Å². The van der Waals surface area contributed by atoms with Crippen molar-refractivity contribution in [2.24, 2.45) is 0 Å². The first kappa shape index (κ1) is 18.9. The predicted molar refractivity (Wildman–Crippen MR) is 77.8 cm³/mol. The van der Waals surface area contributed by atoms with Gasteiger partial charge in [-0.1, -0.05) is 6.08 Å². The summed E-state index contributed by atoms with van der Waals surface area (Å²) >= 11 is 0. The Bertz CT molecular complexity index is 401. The molecular formula is C14H24N2O5. The quantitative estimate of drug-likeness (QED) is 0.487. The Morgan fingerprint density at radius 3 is 2.29 bits per heavy atom. The highest BCUT2D eigenvalue weighted by Crippen LogP contribution is 2.10. The number of aliphatic carboxylic acids is 1. The van der Waals surface area contributed by atoms with E-state index >= 15 is 0 Å². The molecule has 0 radical (unpaired) electrons. The summed E-state index contributed by atoms with van der Waals surface area (Å²) in [5.74, 6) is -1.71. The minimum Gasteiger partial charge on any atom is -0.480 e. The summed E-state index contributed by atoms with van der Waals surface area (Å²) in [5.41, 5.74) is -0.625. The summed E-state index contributed by atoms with van der Waals surface area (Å²) in [6.07, 6.45) is 1.38. The summed E-state index contributed by atoms with van der Waals surface area (Å²) in [6.45, 7) is 10.4. The minimum absolute atomic E-state index is 0.0415. The van der Waals surface area contributed by atoms with Crippen LogP contribution in [0.1, 0.15) is 40.5 Å². The zero-order valence-corrected chi connectivity index (χ0v) is 12.9. The van der Waals surface area contributed by atoms with E-state index in [9.17, 15) is 14.4 Å². The summed E-state index contributed by atoms with van der Waals surface area (Å²) in [7, 11) is 0. The maximum Gasteiger partial charge on any atom is 0.326 e. The summed E-state index contributed by atoms with van der Waals surface area (Å²) in [4.78, 5) is 34.2. The summed E-state index contributed by atoms with van der Waals surface area (Å²) < 4.78 is 5.08.